The Balaban J connectivity index is 1.05. The van der Waals surface area contributed by atoms with Gasteiger partial charge in [-0.25, -0.2) is 19.9 Å². The van der Waals surface area contributed by atoms with Crippen LogP contribution in [0.5, 0.6) is 0 Å². The molecule has 6 aromatic carbocycles. The van der Waals surface area contributed by atoms with Crippen LogP contribution in [0.1, 0.15) is 285 Å². The molecule has 0 N–H and O–H groups in total. The molecule has 2 aromatic heterocycles. The van der Waals surface area contributed by atoms with E-state index in [1.165, 1.54) is 287 Å². The first-order valence-electron chi connectivity index (χ1n) is 35.1. The number of hydrogen-bond donors (Lipinski definition) is 0. The van der Waals surface area contributed by atoms with Crippen molar-refractivity contribution in [1.29, 1.82) is 0 Å². The summed E-state index contributed by atoms with van der Waals surface area (Å²) < 4.78 is 0. The first-order valence-corrected chi connectivity index (χ1v) is 39.1. The van der Waals surface area contributed by atoms with Gasteiger partial charge in [0, 0.05) is 51.9 Å². The van der Waals surface area contributed by atoms with E-state index in [0.29, 0.717) is 0 Å². The zero-order valence-electron chi connectivity index (χ0n) is 53.3. The smallest absolute Gasteiger partial charge is 0.0979 e. The summed E-state index contributed by atoms with van der Waals surface area (Å²) in [5, 5.41) is 7.13. The molecule has 8 heteroatoms. The molecule has 458 valence electrons. The summed E-state index contributed by atoms with van der Waals surface area (Å²) in [7, 11) is 0. The largest absolute Gasteiger partial charge is 0.244 e. The Hall–Kier alpha value is -3.04. The van der Waals surface area contributed by atoms with E-state index >= 15 is 0 Å². The van der Waals surface area contributed by atoms with E-state index in [1.54, 1.807) is 0 Å². The molecule has 0 fully saturated rings. The highest BCUT2D eigenvalue weighted by molar-refractivity contribution is 8.02. The summed E-state index contributed by atoms with van der Waals surface area (Å²) in [6.45, 7) is 9.25. The molecule has 0 atom stereocenters. The van der Waals surface area contributed by atoms with Crippen molar-refractivity contribution >= 4 is 123 Å². The molecule has 0 aliphatic carbocycles. The summed E-state index contributed by atoms with van der Waals surface area (Å²) in [4.78, 5) is 28.1. The van der Waals surface area contributed by atoms with Crippen molar-refractivity contribution in [2.75, 3.05) is 23.0 Å². The molecule has 8 rings (SSSR count). The maximum atomic E-state index is 5.65. The highest BCUT2D eigenvalue weighted by Crippen LogP contribution is 2.45. The monoisotopic (exact) mass is 1210 g/mol. The number of rotatable bonds is 48. The number of benzene rings is 6. The zero-order valence-corrected chi connectivity index (χ0v) is 56.6. The average Bonchev–Trinajstić information content (AvgIpc) is 0.853. The Bertz CT molecular complexity index is 2730. The van der Waals surface area contributed by atoms with E-state index in [9.17, 15) is 0 Å². The maximum Gasteiger partial charge on any atom is 0.0979 e. The van der Waals surface area contributed by atoms with E-state index in [1.807, 2.05) is 0 Å². The van der Waals surface area contributed by atoms with Crippen LogP contribution in [0.4, 0.5) is 0 Å². The average molecular weight is 1210 g/mol. The third-order valence-electron chi connectivity index (χ3n) is 17.9. The minimum Gasteiger partial charge on any atom is -0.244 e. The van der Waals surface area contributed by atoms with Crippen molar-refractivity contribution < 1.29 is 0 Å². The van der Waals surface area contributed by atoms with Crippen LogP contribution in [0.25, 0.3) is 76.5 Å². The SMILES string of the molecule is CCCCCCCCCCCCSc1cc2nc3c4cccc5c6nc7cc(SCCCCCCCCCCCC)c(SCCCCCCCCCCCC)cc7nc6c6cccc(c3nc2cc1SCCCCCCCCCCCC)c6c45. The van der Waals surface area contributed by atoms with Crippen molar-refractivity contribution in [3.63, 3.8) is 0 Å². The summed E-state index contributed by atoms with van der Waals surface area (Å²) in [6, 6.07) is 23.2. The molecule has 0 spiro atoms. The molecule has 8 aromatic rings. The minimum atomic E-state index is 0.993. The van der Waals surface area contributed by atoms with Crippen LogP contribution >= 0.6 is 47.0 Å². The van der Waals surface area contributed by atoms with Crippen LogP contribution in [0.15, 0.2) is 80.2 Å². The highest BCUT2D eigenvalue weighted by Gasteiger charge is 2.22. The van der Waals surface area contributed by atoms with Crippen LogP contribution in [-0.2, 0) is 0 Å². The third kappa shape index (κ3) is 20.5. The Morgan fingerprint density at radius 2 is 0.417 bits per heavy atom. The molecule has 0 radical (unpaired) electrons. The van der Waals surface area contributed by atoms with Gasteiger partial charge in [0.15, 0.2) is 0 Å². The van der Waals surface area contributed by atoms with Gasteiger partial charge in [-0.05, 0) is 73.0 Å². The molecule has 4 nitrogen and oxygen atoms in total. The van der Waals surface area contributed by atoms with Gasteiger partial charge in [-0.1, -0.05) is 295 Å². The van der Waals surface area contributed by atoms with Gasteiger partial charge < -0.3 is 0 Å². The van der Waals surface area contributed by atoms with Crippen molar-refractivity contribution in [3.05, 3.63) is 60.7 Å². The standard InChI is InChI=1S/C76H110N4S4/c1-5-9-13-17-21-25-29-33-37-41-51-81-67-55-63-64(56-68(67)82-52-42-38-34-30-26-22-18-14-10-6-2)78-74-60-48-46-50-62-72(60)71-59(73(74)77-63)47-45-49-61(71)75-76(62)80-66-58-70(84-54-44-40-36-32-28-24-20-16-12-8-4)69(57-65(66)79-75)83-53-43-39-35-31-27-23-19-15-11-7-3/h45-50,55-58H,5-44,51-54H2,1-4H3. The van der Waals surface area contributed by atoms with Crippen molar-refractivity contribution in [2.24, 2.45) is 0 Å². The fraction of sp³-hybridized carbons (Fsp3) is 0.632. The van der Waals surface area contributed by atoms with E-state index in [4.69, 9.17) is 19.9 Å². The second kappa shape index (κ2) is 39.1. The molecule has 0 bridgehead atoms. The number of thioether (sulfide) groups is 4. The quantitative estimate of drug-likeness (QED) is 0.0162. The predicted molar refractivity (Wildman–Crippen MR) is 382 cm³/mol. The number of fused-ring (bicyclic) bond motifs is 8. The lowest BCUT2D eigenvalue weighted by Gasteiger charge is -2.17. The van der Waals surface area contributed by atoms with Gasteiger partial charge in [0.05, 0.1) is 44.1 Å². The maximum absolute atomic E-state index is 5.65. The lowest BCUT2D eigenvalue weighted by molar-refractivity contribution is 0.563. The number of hydrogen-bond acceptors (Lipinski definition) is 8. The second-order valence-corrected chi connectivity index (χ2v) is 29.5. The summed E-state index contributed by atoms with van der Waals surface area (Å²) in [5.41, 5.74) is 8.00. The van der Waals surface area contributed by atoms with Crippen LogP contribution in [-0.4, -0.2) is 42.9 Å². The van der Waals surface area contributed by atoms with Gasteiger partial charge in [0.2, 0.25) is 0 Å². The summed E-state index contributed by atoms with van der Waals surface area (Å²) in [6.07, 6.45) is 54.8. The van der Waals surface area contributed by atoms with Gasteiger partial charge >= 0.3 is 0 Å². The topological polar surface area (TPSA) is 51.6 Å². The van der Waals surface area contributed by atoms with Gasteiger partial charge in [-0.15, -0.1) is 47.0 Å². The normalized spacial score (nSPS) is 12.2. The summed E-state index contributed by atoms with van der Waals surface area (Å²) >= 11 is 8.23. The van der Waals surface area contributed by atoms with Gasteiger partial charge in [-0.3, -0.25) is 0 Å². The molecule has 0 saturated carbocycles. The van der Waals surface area contributed by atoms with Crippen LogP contribution in [0, 0.1) is 0 Å². The lowest BCUT2D eigenvalue weighted by atomic mass is 9.91. The molecule has 0 amide bonds. The molecule has 84 heavy (non-hydrogen) atoms. The van der Waals surface area contributed by atoms with Gasteiger partial charge in [-0.2, -0.15) is 0 Å². The van der Waals surface area contributed by atoms with Crippen molar-refractivity contribution in [2.45, 2.75) is 304 Å². The van der Waals surface area contributed by atoms with E-state index < -0.39 is 0 Å². The van der Waals surface area contributed by atoms with Gasteiger partial charge in [0.25, 0.3) is 0 Å². The molecular formula is C76H110N4S4. The highest BCUT2D eigenvalue weighted by atomic mass is 32.2. The second-order valence-electron chi connectivity index (χ2n) is 25.0. The van der Waals surface area contributed by atoms with Crippen LogP contribution < -0.4 is 0 Å². The number of unbranched alkanes of at least 4 members (excludes halogenated alkanes) is 36. The lowest BCUT2D eigenvalue weighted by Crippen LogP contribution is -1.97. The molecular weight excluding hydrogens is 1100 g/mol. The fourth-order valence-electron chi connectivity index (χ4n) is 12.9. The minimum absolute atomic E-state index is 0.993. The first-order chi connectivity index (χ1) is 41.6. The molecule has 0 saturated heterocycles. The van der Waals surface area contributed by atoms with Crippen molar-refractivity contribution in [3.8, 4) is 0 Å². The zero-order chi connectivity index (χ0) is 58.2. The number of nitrogens with zero attached hydrogens (tertiary/aromatic N) is 4. The Morgan fingerprint density at radius 3 is 0.607 bits per heavy atom. The van der Waals surface area contributed by atoms with Gasteiger partial charge in [0.1, 0.15) is 0 Å². The molecule has 0 aliphatic rings. The number of aromatic nitrogens is 4. The Kier molecular flexibility index (Phi) is 31.1. The Morgan fingerprint density at radius 1 is 0.238 bits per heavy atom. The first kappa shape index (κ1) is 66.9. The summed E-state index contributed by atoms with van der Waals surface area (Å²) in [5.74, 6) is 4.62. The molecule has 0 unspecified atom stereocenters. The molecule has 2 heterocycles. The fourth-order valence-corrected chi connectivity index (χ4v) is 17.4. The molecule has 0 aliphatic heterocycles. The van der Waals surface area contributed by atoms with E-state index in [-0.39, 0.29) is 0 Å². The predicted octanol–water partition coefficient (Wildman–Crippen LogP) is 26.8. The van der Waals surface area contributed by atoms with E-state index in [2.05, 4.69) is 135 Å². The van der Waals surface area contributed by atoms with Crippen molar-refractivity contribution in [1.82, 2.24) is 19.9 Å². The third-order valence-corrected chi connectivity index (χ3v) is 22.7. The van der Waals surface area contributed by atoms with Crippen LogP contribution in [0.3, 0.4) is 0 Å². The van der Waals surface area contributed by atoms with E-state index in [0.717, 1.165) is 88.7 Å². The Labute approximate surface area is 527 Å². The van der Waals surface area contributed by atoms with Crippen LogP contribution in [0.2, 0.25) is 0 Å².